The molecule has 0 radical (unpaired) electrons. The summed E-state index contributed by atoms with van der Waals surface area (Å²) in [7, 11) is 0. The summed E-state index contributed by atoms with van der Waals surface area (Å²) in [6.45, 7) is 9.01. The second-order valence-corrected chi connectivity index (χ2v) is 7.47. The Hall–Kier alpha value is -1.36. The van der Waals surface area contributed by atoms with E-state index >= 15 is 0 Å². The van der Waals surface area contributed by atoms with Gasteiger partial charge in [-0.05, 0) is 37.6 Å². The van der Waals surface area contributed by atoms with Gasteiger partial charge in [-0.2, -0.15) is 0 Å². The fourth-order valence-electron chi connectivity index (χ4n) is 3.15. The Morgan fingerprint density at radius 1 is 1.09 bits per heavy atom. The fraction of sp³-hybridized carbons (Fsp3) is 0.444. The van der Waals surface area contributed by atoms with E-state index in [1.807, 2.05) is 0 Å². The summed E-state index contributed by atoms with van der Waals surface area (Å²) in [4.78, 5) is 7.31. The van der Waals surface area contributed by atoms with Gasteiger partial charge >= 0.3 is 0 Å². The van der Waals surface area contributed by atoms with Crippen molar-refractivity contribution >= 4 is 17.0 Å². The minimum absolute atomic E-state index is 0.367. The highest BCUT2D eigenvalue weighted by atomic mass is 32.1. The van der Waals surface area contributed by atoms with Crippen LogP contribution in [0.1, 0.15) is 21.4 Å². The number of rotatable bonds is 4. The number of aryl methyl sites for hydroxylation is 2. The van der Waals surface area contributed by atoms with Crippen molar-refractivity contribution in [3.8, 4) is 0 Å². The molecule has 1 aromatic heterocycles. The number of piperazine rings is 1. The Morgan fingerprint density at radius 2 is 1.77 bits per heavy atom. The second kappa shape index (κ2) is 6.82. The molecule has 0 saturated carbocycles. The molecule has 0 amide bonds. The van der Waals surface area contributed by atoms with E-state index in [0.717, 1.165) is 38.3 Å². The second-order valence-electron chi connectivity index (χ2n) is 6.01. The maximum atomic E-state index is 10.5. The van der Waals surface area contributed by atoms with Crippen LogP contribution in [-0.4, -0.2) is 42.7 Å². The predicted octanol–water partition coefficient (Wildman–Crippen LogP) is 3.22. The van der Waals surface area contributed by atoms with Gasteiger partial charge in [0.1, 0.15) is 0 Å². The first-order valence-corrected chi connectivity index (χ1v) is 8.72. The van der Waals surface area contributed by atoms with Crippen molar-refractivity contribution in [2.45, 2.75) is 20.0 Å². The quantitative estimate of drug-likeness (QED) is 0.938. The number of aliphatic hydroxyl groups is 1. The molecule has 0 aliphatic carbocycles. The largest absolute Gasteiger partial charge is 0.387 e. The molecule has 22 heavy (non-hydrogen) atoms. The number of para-hydroxylation sites is 1. The molecular formula is C18H24N2OS. The minimum atomic E-state index is -0.367. The highest BCUT2D eigenvalue weighted by Gasteiger charge is 2.21. The molecule has 1 fully saturated rings. The smallest absolute Gasteiger partial charge is 0.0927 e. The van der Waals surface area contributed by atoms with Crippen LogP contribution in [-0.2, 0) is 0 Å². The number of aliphatic hydroxyl groups excluding tert-OH is 1. The van der Waals surface area contributed by atoms with E-state index in [-0.39, 0.29) is 6.10 Å². The molecular weight excluding hydrogens is 292 g/mol. The van der Waals surface area contributed by atoms with Crippen LogP contribution in [0.5, 0.6) is 0 Å². The Balaban J connectivity index is 1.55. The van der Waals surface area contributed by atoms with Crippen LogP contribution in [0.4, 0.5) is 5.69 Å². The van der Waals surface area contributed by atoms with Crippen molar-refractivity contribution in [2.75, 3.05) is 37.6 Å². The van der Waals surface area contributed by atoms with Crippen molar-refractivity contribution < 1.29 is 5.11 Å². The van der Waals surface area contributed by atoms with Gasteiger partial charge in [-0.25, -0.2) is 0 Å². The number of hydrogen-bond donors (Lipinski definition) is 1. The fourth-order valence-corrected chi connectivity index (χ4v) is 4.13. The summed E-state index contributed by atoms with van der Waals surface area (Å²) in [5.41, 5.74) is 2.40. The normalized spacial score (nSPS) is 17.7. The molecule has 118 valence electrons. The highest BCUT2D eigenvalue weighted by Crippen LogP contribution is 2.27. The number of β-amino-alcohol motifs (C(OH)–C–C–N with tert-alkyl or cyclic N) is 1. The lowest BCUT2D eigenvalue weighted by atomic mass is 10.1. The molecule has 2 heterocycles. The summed E-state index contributed by atoms with van der Waals surface area (Å²) in [5, 5.41) is 10.5. The van der Waals surface area contributed by atoms with Crippen molar-refractivity contribution in [3.63, 3.8) is 0 Å². The Kier molecular flexibility index (Phi) is 4.81. The van der Waals surface area contributed by atoms with Gasteiger partial charge in [0.15, 0.2) is 0 Å². The summed E-state index contributed by atoms with van der Waals surface area (Å²) < 4.78 is 0. The van der Waals surface area contributed by atoms with Gasteiger partial charge in [-0.3, -0.25) is 4.90 Å². The van der Waals surface area contributed by atoms with E-state index in [1.165, 1.54) is 15.4 Å². The van der Waals surface area contributed by atoms with Gasteiger partial charge in [-0.15, -0.1) is 11.3 Å². The average Bonchev–Trinajstić information content (AvgIpc) is 2.88. The van der Waals surface area contributed by atoms with Gasteiger partial charge in [0.05, 0.1) is 6.10 Å². The average molecular weight is 316 g/mol. The summed E-state index contributed by atoms with van der Waals surface area (Å²) in [5.74, 6) is 0. The molecule has 1 aromatic carbocycles. The SMILES string of the molecule is Cc1cc(C(O)CN2CCN(c3ccccc3)CC2)c(C)s1. The van der Waals surface area contributed by atoms with E-state index in [9.17, 15) is 5.11 Å². The molecule has 0 bridgehead atoms. The molecule has 1 atom stereocenters. The van der Waals surface area contributed by atoms with E-state index < -0.39 is 0 Å². The lowest BCUT2D eigenvalue weighted by Gasteiger charge is -2.37. The van der Waals surface area contributed by atoms with Crippen molar-refractivity contribution in [2.24, 2.45) is 0 Å². The standard InChI is InChI=1S/C18H24N2OS/c1-14-12-17(15(2)22-14)18(21)13-19-8-10-20(11-9-19)16-6-4-3-5-7-16/h3-7,12,18,21H,8-11,13H2,1-2H3. The summed E-state index contributed by atoms with van der Waals surface area (Å²) in [6.07, 6.45) is -0.367. The molecule has 1 saturated heterocycles. The van der Waals surface area contributed by atoms with Gasteiger partial charge < -0.3 is 10.0 Å². The van der Waals surface area contributed by atoms with Crippen LogP contribution in [0.3, 0.4) is 0 Å². The van der Waals surface area contributed by atoms with Gasteiger partial charge in [0.25, 0.3) is 0 Å². The minimum Gasteiger partial charge on any atom is -0.387 e. The zero-order chi connectivity index (χ0) is 15.5. The van der Waals surface area contributed by atoms with Gasteiger partial charge in [0.2, 0.25) is 0 Å². The van der Waals surface area contributed by atoms with E-state index in [2.05, 4.69) is 60.0 Å². The third-order valence-electron chi connectivity index (χ3n) is 4.36. The van der Waals surface area contributed by atoms with Crippen LogP contribution in [0.25, 0.3) is 0 Å². The summed E-state index contributed by atoms with van der Waals surface area (Å²) in [6, 6.07) is 12.7. The molecule has 1 N–H and O–H groups in total. The highest BCUT2D eigenvalue weighted by molar-refractivity contribution is 7.12. The first-order chi connectivity index (χ1) is 10.6. The van der Waals surface area contributed by atoms with Crippen LogP contribution in [0.2, 0.25) is 0 Å². The number of benzene rings is 1. The topological polar surface area (TPSA) is 26.7 Å². The number of hydrogen-bond acceptors (Lipinski definition) is 4. The zero-order valence-corrected chi connectivity index (χ0v) is 14.1. The number of nitrogens with zero attached hydrogens (tertiary/aromatic N) is 2. The van der Waals surface area contributed by atoms with E-state index in [0.29, 0.717) is 0 Å². The first kappa shape index (κ1) is 15.5. The van der Waals surface area contributed by atoms with Crippen molar-refractivity contribution in [3.05, 3.63) is 51.7 Å². The first-order valence-electron chi connectivity index (χ1n) is 7.91. The Bertz CT molecular complexity index is 603. The zero-order valence-electron chi connectivity index (χ0n) is 13.3. The molecule has 1 aliphatic heterocycles. The molecule has 0 spiro atoms. The molecule has 4 heteroatoms. The molecule has 1 unspecified atom stereocenters. The van der Waals surface area contributed by atoms with E-state index in [4.69, 9.17) is 0 Å². The Labute approximate surface area is 136 Å². The third kappa shape index (κ3) is 3.51. The maximum Gasteiger partial charge on any atom is 0.0927 e. The van der Waals surface area contributed by atoms with Crippen LogP contribution in [0.15, 0.2) is 36.4 Å². The lowest BCUT2D eigenvalue weighted by molar-refractivity contribution is 0.109. The molecule has 2 aromatic rings. The third-order valence-corrected chi connectivity index (χ3v) is 5.34. The molecule has 3 rings (SSSR count). The number of thiophene rings is 1. The van der Waals surface area contributed by atoms with Gasteiger partial charge in [-0.1, -0.05) is 18.2 Å². The monoisotopic (exact) mass is 316 g/mol. The van der Waals surface area contributed by atoms with E-state index in [1.54, 1.807) is 11.3 Å². The van der Waals surface area contributed by atoms with Crippen LogP contribution >= 0.6 is 11.3 Å². The predicted molar refractivity (Wildman–Crippen MR) is 93.8 cm³/mol. The maximum absolute atomic E-state index is 10.5. The summed E-state index contributed by atoms with van der Waals surface area (Å²) >= 11 is 1.77. The lowest BCUT2D eigenvalue weighted by Crippen LogP contribution is -2.47. The van der Waals surface area contributed by atoms with Crippen LogP contribution in [0, 0.1) is 13.8 Å². The van der Waals surface area contributed by atoms with Gasteiger partial charge in [0, 0.05) is 48.2 Å². The molecule has 3 nitrogen and oxygen atoms in total. The molecule has 1 aliphatic rings. The van der Waals surface area contributed by atoms with Crippen LogP contribution < -0.4 is 4.90 Å². The Morgan fingerprint density at radius 3 is 2.36 bits per heavy atom. The van der Waals surface area contributed by atoms with Crippen molar-refractivity contribution in [1.29, 1.82) is 0 Å². The van der Waals surface area contributed by atoms with Crippen molar-refractivity contribution in [1.82, 2.24) is 4.90 Å². The number of anilines is 1.